The molecule has 13 heavy (non-hydrogen) atoms. The lowest BCUT2D eigenvalue weighted by molar-refractivity contribution is 0.591. The average molecular weight is 198 g/mol. The van der Waals surface area contributed by atoms with Crippen molar-refractivity contribution in [1.82, 2.24) is 4.72 Å². The third kappa shape index (κ3) is 2.22. The standard InChI is InChI=1S/C8H10N2O2S/c1-2-10-13(11,12)8-5-3-7(9)4-6-8/h2-6,10H,1,9H2. The van der Waals surface area contributed by atoms with Crippen LogP contribution in [0.3, 0.4) is 0 Å². The summed E-state index contributed by atoms with van der Waals surface area (Å²) in [6.45, 7) is 3.27. The van der Waals surface area contributed by atoms with Crippen LogP contribution in [0.1, 0.15) is 0 Å². The predicted octanol–water partition coefficient (Wildman–Crippen LogP) is 0.691. The van der Waals surface area contributed by atoms with E-state index >= 15 is 0 Å². The maximum Gasteiger partial charge on any atom is 0.261 e. The van der Waals surface area contributed by atoms with Gasteiger partial charge in [-0.3, -0.25) is 4.72 Å². The lowest BCUT2D eigenvalue weighted by atomic mass is 10.3. The van der Waals surface area contributed by atoms with E-state index in [1.807, 2.05) is 0 Å². The van der Waals surface area contributed by atoms with Crippen LogP contribution >= 0.6 is 0 Å². The fraction of sp³-hybridized carbons (Fsp3) is 0. The first-order valence-electron chi connectivity index (χ1n) is 3.55. The number of rotatable bonds is 3. The van der Waals surface area contributed by atoms with Gasteiger partial charge in [0.25, 0.3) is 10.0 Å². The summed E-state index contributed by atoms with van der Waals surface area (Å²) in [5.74, 6) is 0. The van der Waals surface area contributed by atoms with E-state index in [-0.39, 0.29) is 4.90 Å². The van der Waals surface area contributed by atoms with Gasteiger partial charge in [-0.1, -0.05) is 6.58 Å². The number of nitrogens with two attached hydrogens (primary N) is 1. The van der Waals surface area contributed by atoms with Crippen molar-refractivity contribution in [1.29, 1.82) is 0 Å². The summed E-state index contributed by atoms with van der Waals surface area (Å²) >= 11 is 0. The van der Waals surface area contributed by atoms with Gasteiger partial charge in [0.2, 0.25) is 0 Å². The highest BCUT2D eigenvalue weighted by Crippen LogP contribution is 2.10. The zero-order valence-corrected chi connectivity index (χ0v) is 7.71. The van der Waals surface area contributed by atoms with E-state index in [2.05, 4.69) is 11.3 Å². The summed E-state index contributed by atoms with van der Waals surface area (Å²) in [5, 5.41) is 0. The normalized spacial score (nSPS) is 10.8. The Kier molecular flexibility index (Phi) is 2.57. The molecular formula is C8H10N2O2S. The van der Waals surface area contributed by atoms with Crippen LogP contribution in [0.15, 0.2) is 41.9 Å². The first-order valence-corrected chi connectivity index (χ1v) is 5.03. The number of anilines is 1. The number of hydrogen-bond donors (Lipinski definition) is 2. The monoisotopic (exact) mass is 198 g/mol. The third-order valence-electron chi connectivity index (χ3n) is 1.43. The molecular weight excluding hydrogens is 188 g/mol. The number of benzene rings is 1. The Morgan fingerprint density at radius 1 is 1.31 bits per heavy atom. The molecule has 1 rings (SSSR count). The van der Waals surface area contributed by atoms with Crippen LogP contribution in [-0.4, -0.2) is 8.42 Å². The molecule has 0 amide bonds. The molecule has 0 aliphatic heterocycles. The molecule has 5 heteroatoms. The fourth-order valence-electron chi connectivity index (χ4n) is 0.825. The Morgan fingerprint density at radius 2 is 1.85 bits per heavy atom. The molecule has 0 aliphatic rings. The van der Waals surface area contributed by atoms with Crippen molar-refractivity contribution in [3.63, 3.8) is 0 Å². The minimum Gasteiger partial charge on any atom is -0.399 e. The van der Waals surface area contributed by atoms with Crippen LogP contribution in [0.4, 0.5) is 5.69 Å². The zero-order valence-electron chi connectivity index (χ0n) is 6.90. The predicted molar refractivity (Wildman–Crippen MR) is 51.4 cm³/mol. The molecule has 3 N–H and O–H groups in total. The van der Waals surface area contributed by atoms with Gasteiger partial charge in [-0.2, -0.15) is 0 Å². The molecule has 0 radical (unpaired) electrons. The van der Waals surface area contributed by atoms with E-state index in [1.54, 1.807) is 0 Å². The number of sulfonamides is 1. The topological polar surface area (TPSA) is 72.2 Å². The summed E-state index contributed by atoms with van der Waals surface area (Å²) in [6, 6.07) is 5.91. The van der Waals surface area contributed by atoms with Crippen molar-refractivity contribution < 1.29 is 8.42 Å². The molecule has 0 spiro atoms. The van der Waals surface area contributed by atoms with Crippen LogP contribution in [0.5, 0.6) is 0 Å². The van der Waals surface area contributed by atoms with Crippen LogP contribution < -0.4 is 10.5 Å². The molecule has 0 bridgehead atoms. The highest BCUT2D eigenvalue weighted by atomic mass is 32.2. The SMILES string of the molecule is C=CNS(=O)(=O)c1ccc(N)cc1. The Hall–Kier alpha value is -1.49. The molecule has 0 atom stereocenters. The van der Waals surface area contributed by atoms with Crippen molar-refractivity contribution >= 4 is 15.7 Å². The summed E-state index contributed by atoms with van der Waals surface area (Å²) in [7, 11) is -3.45. The van der Waals surface area contributed by atoms with E-state index in [4.69, 9.17) is 5.73 Å². The largest absolute Gasteiger partial charge is 0.399 e. The summed E-state index contributed by atoms with van der Waals surface area (Å²) in [4.78, 5) is 0.168. The van der Waals surface area contributed by atoms with Crippen molar-refractivity contribution in [2.24, 2.45) is 0 Å². The van der Waals surface area contributed by atoms with Crippen molar-refractivity contribution in [3.05, 3.63) is 37.0 Å². The van der Waals surface area contributed by atoms with E-state index in [9.17, 15) is 8.42 Å². The van der Waals surface area contributed by atoms with Gasteiger partial charge in [0.1, 0.15) is 0 Å². The van der Waals surface area contributed by atoms with Gasteiger partial charge >= 0.3 is 0 Å². The lowest BCUT2D eigenvalue weighted by Crippen LogP contribution is -2.17. The Balaban J connectivity index is 3.08. The quantitative estimate of drug-likeness (QED) is 0.702. The smallest absolute Gasteiger partial charge is 0.261 e. The summed E-state index contributed by atoms with van der Waals surface area (Å²) < 4.78 is 24.8. The van der Waals surface area contributed by atoms with Gasteiger partial charge in [0, 0.05) is 11.9 Å². The second-order valence-electron chi connectivity index (χ2n) is 2.39. The van der Waals surface area contributed by atoms with Gasteiger partial charge in [-0.05, 0) is 24.3 Å². The Morgan fingerprint density at radius 3 is 2.31 bits per heavy atom. The van der Waals surface area contributed by atoms with E-state index in [0.717, 1.165) is 6.20 Å². The van der Waals surface area contributed by atoms with Crippen LogP contribution in [0.2, 0.25) is 0 Å². The molecule has 70 valence electrons. The first kappa shape index (κ1) is 9.60. The summed E-state index contributed by atoms with van der Waals surface area (Å²) in [6.07, 6.45) is 1.12. The van der Waals surface area contributed by atoms with Crippen molar-refractivity contribution in [2.75, 3.05) is 5.73 Å². The van der Waals surface area contributed by atoms with Crippen LogP contribution in [-0.2, 0) is 10.0 Å². The van der Waals surface area contributed by atoms with Gasteiger partial charge < -0.3 is 5.73 Å². The Labute approximate surface area is 77.1 Å². The third-order valence-corrected chi connectivity index (χ3v) is 2.80. The molecule has 4 nitrogen and oxygen atoms in total. The Bertz CT molecular complexity index is 395. The number of nitrogens with one attached hydrogen (secondary N) is 1. The van der Waals surface area contributed by atoms with Crippen molar-refractivity contribution in [2.45, 2.75) is 4.90 Å². The maximum absolute atomic E-state index is 11.3. The van der Waals surface area contributed by atoms with E-state index < -0.39 is 10.0 Å². The molecule has 0 unspecified atom stereocenters. The fourth-order valence-corrected chi connectivity index (χ4v) is 1.67. The van der Waals surface area contributed by atoms with Gasteiger partial charge in [0.15, 0.2) is 0 Å². The molecule has 0 heterocycles. The average Bonchev–Trinajstić information content (AvgIpc) is 2.05. The first-order chi connectivity index (χ1) is 6.06. The molecule has 0 saturated carbocycles. The van der Waals surface area contributed by atoms with Crippen molar-refractivity contribution in [3.8, 4) is 0 Å². The molecule has 0 aromatic heterocycles. The summed E-state index contributed by atoms with van der Waals surface area (Å²) in [5.41, 5.74) is 5.93. The molecule has 1 aromatic carbocycles. The van der Waals surface area contributed by atoms with E-state index in [0.29, 0.717) is 5.69 Å². The van der Waals surface area contributed by atoms with Crippen LogP contribution in [0, 0.1) is 0 Å². The molecule has 0 aliphatic carbocycles. The lowest BCUT2D eigenvalue weighted by Gasteiger charge is -2.02. The minimum absolute atomic E-state index is 0.168. The second-order valence-corrected chi connectivity index (χ2v) is 4.11. The zero-order chi connectivity index (χ0) is 9.90. The van der Waals surface area contributed by atoms with E-state index in [1.165, 1.54) is 24.3 Å². The molecule has 1 aromatic rings. The highest BCUT2D eigenvalue weighted by Gasteiger charge is 2.09. The molecule has 0 fully saturated rings. The van der Waals surface area contributed by atoms with Gasteiger partial charge in [-0.25, -0.2) is 8.42 Å². The minimum atomic E-state index is -3.45. The van der Waals surface area contributed by atoms with Crippen LogP contribution in [0.25, 0.3) is 0 Å². The van der Waals surface area contributed by atoms with Gasteiger partial charge in [-0.15, -0.1) is 0 Å². The second kappa shape index (κ2) is 3.49. The highest BCUT2D eigenvalue weighted by molar-refractivity contribution is 7.89. The number of nitrogen functional groups attached to an aromatic ring is 1. The van der Waals surface area contributed by atoms with Gasteiger partial charge in [0.05, 0.1) is 4.90 Å². The number of hydrogen-bond acceptors (Lipinski definition) is 3. The molecule has 0 saturated heterocycles. The maximum atomic E-state index is 11.3.